The van der Waals surface area contributed by atoms with Crippen molar-refractivity contribution in [3.8, 4) is 5.75 Å². The van der Waals surface area contributed by atoms with E-state index in [-0.39, 0.29) is 17.1 Å². The predicted octanol–water partition coefficient (Wildman–Crippen LogP) is 3.14. The Kier molecular flexibility index (Phi) is 3.35. The van der Waals surface area contributed by atoms with Crippen LogP contribution in [0.3, 0.4) is 0 Å². The number of benzene rings is 2. The maximum absolute atomic E-state index is 12.2. The minimum absolute atomic E-state index is 0.130. The molecule has 0 unspecified atom stereocenters. The zero-order chi connectivity index (χ0) is 15.7. The third-order valence-corrected chi connectivity index (χ3v) is 3.46. The van der Waals surface area contributed by atoms with Crippen LogP contribution in [0.5, 0.6) is 5.75 Å². The smallest absolute Gasteiger partial charge is 0.201 e. The Morgan fingerprint density at radius 3 is 2.18 bits per heavy atom. The Morgan fingerprint density at radius 1 is 0.909 bits per heavy atom. The van der Waals surface area contributed by atoms with Gasteiger partial charge in [-0.1, -0.05) is 42.5 Å². The van der Waals surface area contributed by atoms with E-state index in [2.05, 4.69) is 0 Å². The molecule has 0 amide bonds. The van der Waals surface area contributed by atoms with Gasteiger partial charge in [0.15, 0.2) is 5.78 Å². The van der Waals surface area contributed by atoms with Crippen molar-refractivity contribution in [2.75, 3.05) is 0 Å². The number of rotatable bonds is 3. The number of Topliss-reactive ketones (excluding diaryl/α,β-unsaturated/α-hetero) is 1. The maximum atomic E-state index is 12.2. The SMILES string of the molecule is O=C(C=Cc1ccc(O)cc1)C1=C(O)c2ccccc2C1=O. The number of allylic oxidation sites excluding steroid dienone is 2. The first-order valence-electron chi connectivity index (χ1n) is 6.66. The van der Waals surface area contributed by atoms with Crippen molar-refractivity contribution in [2.24, 2.45) is 0 Å². The molecule has 0 saturated carbocycles. The van der Waals surface area contributed by atoms with Gasteiger partial charge in [0, 0.05) is 11.1 Å². The van der Waals surface area contributed by atoms with Gasteiger partial charge in [-0.25, -0.2) is 0 Å². The number of hydrogen-bond donors (Lipinski definition) is 2. The maximum Gasteiger partial charge on any atom is 0.201 e. The van der Waals surface area contributed by atoms with Crippen LogP contribution in [0.2, 0.25) is 0 Å². The van der Waals surface area contributed by atoms with Crippen molar-refractivity contribution >= 4 is 23.4 Å². The highest BCUT2D eigenvalue weighted by atomic mass is 16.3. The minimum atomic E-state index is -0.549. The standard InChI is InChI=1S/C18H12O4/c19-12-8-5-11(6-9-12)7-10-15(20)16-17(21)13-3-1-2-4-14(13)18(16)22/h1-10,19,21H. The molecule has 0 aromatic heterocycles. The molecule has 0 bridgehead atoms. The number of aliphatic hydroxyl groups excluding tert-OH is 1. The van der Waals surface area contributed by atoms with Crippen LogP contribution < -0.4 is 0 Å². The van der Waals surface area contributed by atoms with E-state index in [1.54, 1.807) is 36.4 Å². The quantitative estimate of drug-likeness (QED) is 0.673. The lowest BCUT2D eigenvalue weighted by Gasteiger charge is -1.97. The van der Waals surface area contributed by atoms with Crippen molar-refractivity contribution in [2.45, 2.75) is 0 Å². The number of aromatic hydroxyl groups is 1. The predicted molar refractivity (Wildman–Crippen MR) is 82.5 cm³/mol. The third kappa shape index (κ3) is 2.31. The zero-order valence-corrected chi connectivity index (χ0v) is 11.5. The summed E-state index contributed by atoms with van der Waals surface area (Å²) in [7, 11) is 0. The van der Waals surface area contributed by atoms with Gasteiger partial charge in [0.25, 0.3) is 0 Å². The Hall–Kier alpha value is -3.14. The molecule has 0 fully saturated rings. The fourth-order valence-electron chi connectivity index (χ4n) is 2.33. The van der Waals surface area contributed by atoms with Gasteiger partial charge in [-0.05, 0) is 23.8 Å². The average Bonchev–Trinajstić information content (AvgIpc) is 2.79. The second kappa shape index (κ2) is 5.33. The van der Waals surface area contributed by atoms with Crippen molar-refractivity contribution in [1.82, 2.24) is 0 Å². The zero-order valence-electron chi connectivity index (χ0n) is 11.5. The Balaban J connectivity index is 1.89. The molecule has 0 atom stereocenters. The highest BCUT2D eigenvalue weighted by Gasteiger charge is 2.32. The van der Waals surface area contributed by atoms with Crippen molar-refractivity contribution in [3.05, 3.63) is 76.9 Å². The molecule has 2 N–H and O–H groups in total. The molecule has 4 nitrogen and oxygen atoms in total. The lowest BCUT2D eigenvalue weighted by atomic mass is 10.1. The number of phenols is 1. The van der Waals surface area contributed by atoms with Crippen LogP contribution >= 0.6 is 0 Å². The van der Waals surface area contributed by atoms with Crippen molar-refractivity contribution < 1.29 is 19.8 Å². The monoisotopic (exact) mass is 292 g/mol. The summed E-state index contributed by atoms with van der Waals surface area (Å²) < 4.78 is 0. The van der Waals surface area contributed by atoms with Crippen LogP contribution in [0.4, 0.5) is 0 Å². The number of aliphatic hydroxyl groups is 1. The van der Waals surface area contributed by atoms with Gasteiger partial charge in [0.1, 0.15) is 17.1 Å². The molecular formula is C18H12O4. The minimum Gasteiger partial charge on any atom is -0.508 e. The Bertz CT molecular complexity index is 826. The fraction of sp³-hybridized carbons (Fsp3) is 0. The van der Waals surface area contributed by atoms with Gasteiger partial charge in [-0.3, -0.25) is 9.59 Å². The number of fused-ring (bicyclic) bond motifs is 1. The van der Waals surface area contributed by atoms with E-state index in [1.165, 1.54) is 24.3 Å². The Morgan fingerprint density at radius 2 is 1.55 bits per heavy atom. The van der Waals surface area contributed by atoms with Crippen LogP contribution in [0.1, 0.15) is 21.5 Å². The van der Waals surface area contributed by atoms with Crippen LogP contribution in [0.15, 0.2) is 60.2 Å². The normalized spacial score (nSPS) is 13.7. The van der Waals surface area contributed by atoms with Gasteiger partial charge < -0.3 is 10.2 Å². The van der Waals surface area contributed by atoms with Crippen molar-refractivity contribution in [1.29, 1.82) is 0 Å². The first-order valence-corrected chi connectivity index (χ1v) is 6.66. The van der Waals surface area contributed by atoms with E-state index < -0.39 is 11.6 Å². The molecule has 0 heterocycles. The number of ketones is 2. The van der Waals surface area contributed by atoms with Gasteiger partial charge in [0.05, 0.1) is 0 Å². The summed E-state index contributed by atoms with van der Waals surface area (Å²) in [5.74, 6) is -1.16. The summed E-state index contributed by atoms with van der Waals surface area (Å²) >= 11 is 0. The summed E-state index contributed by atoms with van der Waals surface area (Å²) in [6.07, 6.45) is 2.76. The molecule has 0 saturated heterocycles. The van der Waals surface area contributed by atoms with Gasteiger partial charge >= 0.3 is 0 Å². The molecule has 4 heteroatoms. The van der Waals surface area contributed by atoms with E-state index in [9.17, 15) is 19.8 Å². The molecule has 1 aliphatic rings. The molecule has 3 rings (SSSR count). The van der Waals surface area contributed by atoms with E-state index in [1.807, 2.05) is 0 Å². The Labute approximate surface area is 126 Å². The first-order chi connectivity index (χ1) is 10.6. The molecule has 22 heavy (non-hydrogen) atoms. The van der Waals surface area contributed by atoms with E-state index in [0.717, 1.165) is 0 Å². The van der Waals surface area contributed by atoms with E-state index in [4.69, 9.17) is 0 Å². The summed E-state index contributed by atoms with van der Waals surface area (Å²) in [6, 6.07) is 12.8. The van der Waals surface area contributed by atoms with Crippen molar-refractivity contribution in [3.63, 3.8) is 0 Å². The summed E-state index contributed by atoms with van der Waals surface area (Å²) in [5.41, 5.74) is 1.21. The van der Waals surface area contributed by atoms with Crippen LogP contribution in [0.25, 0.3) is 11.8 Å². The van der Waals surface area contributed by atoms with Crippen LogP contribution in [0, 0.1) is 0 Å². The molecule has 2 aromatic carbocycles. The van der Waals surface area contributed by atoms with Gasteiger partial charge in [-0.2, -0.15) is 0 Å². The highest BCUT2D eigenvalue weighted by molar-refractivity contribution is 6.36. The van der Waals surface area contributed by atoms with Gasteiger partial charge in [-0.15, -0.1) is 0 Å². The first kappa shape index (κ1) is 13.8. The number of carbonyl (C=O) groups excluding carboxylic acids is 2. The van der Waals surface area contributed by atoms with E-state index >= 15 is 0 Å². The van der Waals surface area contributed by atoms with Gasteiger partial charge in [0.2, 0.25) is 5.78 Å². The molecule has 0 aliphatic heterocycles. The molecule has 0 radical (unpaired) electrons. The molecule has 2 aromatic rings. The fourth-order valence-corrected chi connectivity index (χ4v) is 2.33. The second-order valence-corrected chi connectivity index (χ2v) is 4.89. The summed E-state index contributed by atoms with van der Waals surface area (Å²) in [4.78, 5) is 24.4. The topological polar surface area (TPSA) is 74.6 Å². The largest absolute Gasteiger partial charge is 0.508 e. The summed E-state index contributed by atoms with van der Waals surface area (Å²) in [6.45, 7) is 0. The lowest BCUT2D eigenvalue weighted by Crippen LogP contribution is -2.08. The molecule has 0 spiro atoms. The molecule has 1 aliphatic carbocycles. The second-order valence-electron chi connectivity index (χ2n) is 4.89. The molecular weight excluding hydrogens is 280 g/mol. The van der Waals surface area contributed by atoms with Crippen LogP contribution in [-0.4, -0.2) is 21.8 Å². The highest BCUT2D eigenvalue weighted by Crippen LogP contribution is 2.31. The van der Waals surface area contributed by atoms with E-state index in [0.29, 0.717) is 16.7 Å². The molecule has 108 valence electrons. The number of hydrogen-bond acceptors (Lipinski definition) is 4. The third-order valence-electron chi connectivity index (χ3n) is 3.46. The number of carbonyl (C=O) groups is 2. The lowest BCUT2D eigenvalue weighted by molar-refractivity contribution is -0.110. The van der Waals surface area contributed by atoms with Crippen LogP contribution in [-0.2, 0) is 4.79 Å². The summed E-state index contributed by atoms with van der Waals surface area (Å²) in [5, 5.41) is 19.3. The number of phenolic OH excluding ortho intramolecular Hbond substituents is 1. The average molecular weight is 292 g/mol.